The van der Waals surface area contributed by atoms with Crippen molar-refractivity contribution in [3.05, 3.63) is 29.7 Å². The van der Waals surface area contributed by atoms with Gasteiger partial charge in [0.1, 0.15) is 5.00 Å². The summed E-state index contributed by atoms with van der Waals surface area (Å²) in [7, 11) is 0. The van der Waals surface area contributed by atoms with Crippen molar-refractivity contribution in [1.82, 2.24) is 0 Å². The highest BCUT2D eigenvalue weighted by Crippen LogP contribution is 2.25. The first kappa shape index (κ1) is 11.8. The number of carbonyl (C=O) groups excluding carboxylic acids is 1. The van der Waals surface area contributed by atoms with E-state index in [9.17, 15) is 4.79 Å². The molecule has 0 aliphatic rings. The van der Waals surface area contributed by atoms with Crippen LogP contribution in [-0.4, -0.2) is 19.2 Å². The van der Waals surface area contributed by atoms with E-state index in [-0.39, 0.29) is 6.09 Å². The van der Waals surface area contributed by atoms with Crippen molar-refractivity contribution < 1.29 is 9.53 Å². The molecule has 0 radical (unpaired) electrons. The Morgan fingerprint density at radius 2 is 2.40 bits per heavy atom. The van der Waals surface area contributed by atoms with Gasteiger partial charge in [-0.15, -0.1) is 17.9 Å². The lowest BCUT2D eigenvalue weighted by Gasteiger charge is -2.17. The minimum atomic E-state index is -0.320. The Hall–Kier alpha value is -1.29. The van der Waals surface area contributed by atoms with Gasteiger partial charge in [0.25, 0.3) is 0 Å². The topological polar surface area (TPSA) is 29.5 Å². The van der Waals surface area contributed by atoms with Crippen LogP contribution in [0.5, 0.6) is 0 Å². The summed E-state index contributed by atoms with van der Waals surface area (Å²) in [6.45, 7) is 8.29. The summed E-state index contributed by atoms with van der Waals surface area (Å²) < 4.78 is 4.97. The monoisotopic (exact) mass is 225 g/mol. The van der Waals surface area contributed by atoms with Gasteiger partial charge in [0.15, 0.2) is 0 Å². The molecule has 0 atom stereocenters. The number of rotatable bonds is 4. The van der Waals surface area contributed by atoms with Crippen LogP contribution in [0.4, 0.5) is 9.80 Å². The van der Waals surface area contributed by atoms with E-state index in [4.69, 9.17) is 4.74 Å². The van der Waals surface area contributed by atoms with Crippen LogP contribution in [-0.2, 0) is 4.74 Å². The highest BCUT2D eigenvalue weighted by molar-refractivity contribution is 7.16. The largest absolute Gasteiger partial charge is 0.449 e. The molecular formula is C11H15NO2S. The lowest BCUT2D eigenvalue weighted by molar-refractivity contribution is 0.160. The Labute approximate surface area is 94.0 Å². The second kappa shape index (κ2) is 5.56. The molecule has 0 aromatic carbocycles. The Morgan fingerprint density at radius 3 is 2.87 bits per heavy atom. The van der Waals surface area contributed by atoms with Crippen LogP contribution < -0.4 is 4.90 Å². The van der Waals surface area contributed by atoms with Gasteiger partial charge >= 0.3 is 6.09 Å². The summed E-state index contributed by atoms with van der Waals surface area (Å²) in [5, 5.41) is 0.894. The SMILES string of the molecule is C=CCN(C(=O)OCC)c1ccc(C)s1. The number of thiophene rings is 1. The molecule has 0 N–H and O–H groups in total. The zero-order valence-electron chi connectivity index (χ0n) is 9.03. The second-order valence-corrected chi connectivity index (χ2v) is 4.25. The molecule has 4 heteroatoms. The fraction of sp³-hybridized carbons (Fsp3) is 0.364. The molecule has 1 rings (SSSR count). The van der Waals surface area contributed by atoms with Crippen LogP contribution >= 0.6 is 11.3 Å². The summed E-state index contributed by atoms with van der Waals surface area (Å²) >= 11 is 1.57. The third-order valence-corrected chi connectivity index (χ3v) is 2.82. The number of anilines is 1. The highest BCUT2D eigenvalue weighted by atomic mass is 32.1. The molecule has 0 saturated carbocycles. The minimum absolute atomic E-state index is 0.320. The van der Waals surface area contributed by atoms with Crippen LogP contribution in [0.1, 0.15) is 11.8 Å². The van der Waals surface area contributed by atoms with Gasteiger partial charge in [-0.3, -0.25) is 4.90 Å². The smallest absolute Gasteiger partial charge is 0.415 e. The molecule has 15 heavy (non-hydrogen) atoms. The van der Waals surface area contributed by atoms with Crippen molar-refractivity contribution >= 4 is 22.4 Å². The van der Waals surface area contributed by atoms with Crippen molar-refractivity contribution in [3.63, 3.8) is 0 Å². The molecule has 1 heterocycles. The van der Waals surface area contributed by atoms with Gasteiger partial charge in [0.2, 0.25) is 0 Å². The van der Waals surface area contributed by atoms with Gasteiger partial charge in [-0.25, -0.2) is 4.79 Å². The summed E-state index contributed by atoms with van der Waals surface area (Å²) in [5.41, 5.74) is 0. The van der Waals surface area contributed by atoms with Crippen molar-refractivity contribution in [2.45, 2.75) is 13.8 Å². The van der Waals surface area contributed by atoms with E-state index in [0.717, 1.165) is 5.00 Å². The van der Waals surface area contributed by atoms with Gasteiger partial charge in [0.05, 0.1) is 6.61 Å². The van der Waals surface area contributed by atoms with Gasteiger partial charge in [-0.05, 0) is 26.0 Å². The van der Waals surface area contributed by atoms with Gasteiger partial charge in [0, 0.05) is 11.4 Å². The number of hydrogen-bond donors (Lipinski definition) is 0. The molecule has 0 fully saturated rings. The standard InChI is InChI=1S/C11H15NO2S/c1-4-8-12(11(13)14-5-2)10-7-6-9(3)15-10/h4,6-7H,1,5,8H2,2-3H3. The lowest BCUT2D eigenvalue weighted by atomic mass is 10.4. The third-order valence-electron chi connectivity index (χ3n) is 1.79. The molecule has 1 amide bonds. The van der Waals surface area contributed by atoms with E-state index in [1.165, 1.54) is 4.88 Å². The van der Waals surface area contributed by atoms with Crippen LogP contribution in [0.2, 0.25) is 0 Å². The number of hydrogen-bond acceptors (Lipinski definition) is 3. The second-order valence-electron chi connectivity index (χ2n) is 2.98. The molecule has 0 aliphatic heterocycles. The van der Waals surface area contributed by atoms with Gasteiger partial charge in [-0.1, -0.05) is 6.08 Å². The maximum atomic E-state index is 11.6. The Bertz CT molecular complexity index is 346. The van der Waals surface area contributed by atoms with Crippen LogP contribution in [0.25, 0.3) is 0 Å². The molecular weight excluding hydrogens is 210 g/mol. The van der Waals surface area contributed by atoms with Crippen molar-refractivity contribution in [2.24, 2.45) is 0 Å². The minimum Gasteiger partial charge on any atom is -0.449 e. The van der Waals surface area contributed by atoms with E-state index < -0.39 is 0 Å². The first-order valence-corrected chi connectivity index (χ1v) is 5.62. The van der Waals surface area contributed by atoms with E-state index >= 15 is 0 Å². The van der Waals surface area contributed by atoms with Crippen LogP contribution in [0, 0.1) is 6.92 Å². The lowest BCUT2D eigenvalue weighted by Crippen LogP contribution is -2.30. The predicted octanol–water partition coefficient (Wildman–Crippen LogP) is 3.21. The molecule has 1 aromatic heterocycles. The van der Waals surface area contributed by atoms with Crippen LogP contribution in [0.15, 0.2) is 24.8 Å². The van der Waals surface area contributed by atoms with Crippen molar-refractivity contribution in [2.75, 3.05) is 18.1 Å². The molecule has 82 valence electrons. The first-order valence-electron chi connectivity index (χ1n) is 4.80. The van der Waals surface area contributed by atoms with E-state index in [1.54, 1.807) is 29.2 Å². The van der Waals surface area contributed by atoms with Crippen molar-refractivity contribution in [1.29, 1.82) is 0 Å². The van der Waals surface area contributed by atoms with Crippen molar-refractivity contribution in [3.8, 4) is 0 Å². The predicted molar refractivity (Wildman–Crippen MR) is 63.6 cm³/mol. The number of aryl methyl sites for hydroxylation is 1. The Balaban J connectivity index is 2.82. The fourth-order valence-corrected chi connectivity index (χ4v) is 2.01. The van der Waals surface area contributed by atoms with Crippen LogP contribution in [0.3, 0.4) is 0 Å². The molecule has 0 aliphatic carbocycles. The number of amides is 1. The maximum Gasteiger partial charge on any atom is 0.415 e. The van der Waals surface area contributed by atoms with E-state index in [0.29, 0.717) is 13.2 Å². The summed E-state index contributed by atoms with van der Waals surface area (Å²) in [4.78, 5) is 14.4. The summed E-state index contributed by atoms with van der Waals surface area (Å²) in [6.07, 6.45) is 1.37. The van der Waals surface area contributed by atoms with Gasteiger partial charge < -0.3 is 4.74 Å². The quantitative estimate of drug-likeness (QED) is 0.736. The summed E-state index contributed by atoms with van der Waals surface area (Å²) in [5.74, 6) is 0. The molecule has 0 unspecified atom stereocenters. The average Bonchev–Trinajstić information content (AvgIpc) is 2.61. The average molecular weight is 225 g/mol. The molecule has 0 saturated heterocycles. The zero-order valence-corrected chi connectivity index (χ0v) is 9.84. The fourth-order valence-electron chi connectivity index (χ4n) is 1.15. The Kier molecular flexibility index (Phi) is 4.37. The van der Waals surface area contributed by atoms with E-state index in [2.05, 4.69) is 6.58 Å². The van der Waals surface area contributed by atoms with E-state index in [1.807, 2.05) is 19.1 Å². The number of nitrogens with zero attached hydrogens (tertiary/aromatic N) is 1. The highest BCUT2D eigenvalue weighted by Gasteiger charge is 2.16. The molecule has 1 aromatic rings. The first-order chi connectivity index (χ1) is 7.19. The van der Waals surface area contributed by atoms with Gasteiger partial charge in [-0.2, -0.15) is 0 Å². The Morgan fingerprint density at radius 1 is 1.67 bits per heavy atom. The molecule has 0 bridgehead atoms. The summed E-state index contributed by atoms with van der Waals surface area (Å²) in [6, 6.07) is 3.90. The number of carbonyl (C=O) groups is 1. The zero-order chi connectivity index (χ0) is 11.3. The normalized spacial score (nSPS) is 9.73. The molecule has 0 spiro atoms. The maximum absolute atomic E-state index is 11.6. The third kappa shape index (κ3) is 3.09. The molecule has 3 nitrogen and oxygen atoms in total. The number of ether oxygens (including phenoxy) is 1.